The number of hydrogen-bond donors (Lipinski definition) is 2. The zero-order valence-electron chi connectivity index (χ0n) is 11.5. The molecule has 1 saturated carbocycles. The molecular weight excluding hydrogens is 322 g/mol. The predicted octanol–water partition coefficient (Wildman–Crippen LogP) is 2.78. The van der Waals surface area contributed by atoms with Crippen LogP contribution in [0.25, 0.3) is 0 Å². The summed E-state index contributed by atoms with van der Waals surface area (Å²) in [6, 6.07) is 7.09. The highest BCUT2D eigenvalue weighted by Crippen LogP contribution is 2.48. The molecule has 1 amide bonds. The summed E-state index contributed by atoms with van der Waals surface area (Å²) in [5.74, 6) is -1.16. The fourth-order valence-corrected chi connectivity index (χ4v) is 2.78. The number of carbonyl (C=O) groups excluding carboxylic acids is 1. The van der Waals surface area contributed by atoms with Gasteiger partial charge in [-0.25, -0.2) is 4.79 Å². The van der Waals surface area contributed by atoms with Crippen LogP contribution in [0.2, 0.25) is 0 Å². The third-order valence-corrected chi connectivity index (χ3v) is 4.13. The van der Waals surface area contributed by atoms with Crippen LogP contribution in [0.5, 0.6) is 0 Å². The number of carboxylic acid groups (broad SMARTS) is 1. The maximum Gasteiger partial charge on any atom is 0.326 e. The molecule has 0 aliphatic heterocycles. The molecule has 0 radical (unpaired) electrons. The summed E-state index contributed by atoms with van der Waals surface area (Å²) in [4.78, 5) is 23.2. The van der Waals surface area contributed by atoms with Gasteiger partial charge in [-0.2, -0.15) is 0 Å². The van der Waals surface area contributed by atoms with Crippen LogP contribution in [0.15, 0.2) is 28.7 Å². The van der Waals surface area contributed by atoms with Crippen LogP contribution >= 0.6 is 15.9 Å². The summed E-state index contributed by atoms with van der Waals surface area (Å²) >= 11 is 3.42. The van der Waals surface area contributed by atoms with E-state index in [1.54, 1.807) is 13.8 Å². The zero-order chi connectivity index (χ0) is 14.9. The first-order chi connectivity index (χ1) is 9.40. The highest BCUT2D eigenvalue weighted by Gasteiger charge is 2.45. The molecule has 1 aliphatic rings. The maximum absolute atomic E-state index is 12.1. The molecule has 3 atom stereocenters. The largest absolute Gasteiger partial charge is 0.480 e. The van der Waals surface area contributed by atoms with Crippen molar-refractivity contribution >= 4 is 27.8 Å². The van der Waals surface area contributed by atoms with Crippen LogP contribution in [-0.4, -0.2) is 23.0 Å². The highest BCUT2D eigenvalue weighted by molar-refractivity contribution is 9.10. The summed E-state index contributed by atoms with van der Waals surface area (Å²) in [5.41, 5.74) is 1.12. The number of benzene rings is 1. The maximum atomic E-state index is 12.1. The summed E-state index contributed by atoms with van der Waals surface area (Å²) in [7, 11) is 0. The average molecular weight is 340 g/mol. The van der Waals surface area contributed by atoms with Gasteiger partial charge in [0.15, 0.2) is 0 Å². The molecule has 5 heteroatoms. The van der Waals surface area contributed by atoms with Crippen LogP contribution < -0.4 is 5.32 Å². The van der Waals surface area contributed by atoms with E-state index in [0.717, 1.165) is 16.5 Å². The number of rotatable bonds is 5. The SMILES string of the molecule is CC(C)[C@H](NC(=O)C1CC1c1cccc(Br)c1)C(=O)O. The Morgan fingerprint density at radius 2 is 2.10 bits per heavy atom. The van der Waals surface area contributed by atoms with Crippen LogP contribution in [0.4, 0.5) is 0 Å². The number of aliphatic carboxylic acids is 1. The van der Waals surface area contributed by atoms with Crippen LogP contribution in [0, 0.1) is 11.8 Å². The number of carbonyl (C=O) groups is 2. The van der Waals surface area contributed by atoms with Crippen LogP contribution in [0.3, 0.4) is 0 Å². The van der Waals surface area contributed by atoms with Crippen molar-refractivity contribution in [2.24, 2.45) is 11.8 Å². The van der Waals surface area contributed by atoms with Gasteiger partial charge in [0.1, 0.15) is 6.04 Å². The molecule has 0 aromatic heterocycles. The van der Waals surface area contributed by atoms with Gasteiger partial charge in [-0.1, -0.05) is 41.9 Å². The van der Waals surface area contributed by atoms with Gasteiger partial charge in [0.2, 0.25) is 5.91 Å². The minimum atomic E-state index is -0.979. The van der Waals surface area contributed by atoms with Gasteiger partial charge in [0.25, 0.3) is 0 Å². The molecule has 108 valence electrons. The van der Waals surface area contributed by atoms with Crippen LogP contribution in [0.1, 0.15) is 31.7 Å². The normalized spacial score (nSPS) is 22.4. The molecule has 1 aliphatic carbocycles. The van der Waals surface area contributed by atoms with Crippen molar-refractivity contribution in [3.63, 3.8) is 0 Å². The Labute approximate surface area is 126 Å². The monoisotopic (exact) mass is 339 g/mol. The zero-order valence-corrected chi connectivity index (χ0v) is 13.1. The Morgan fingerprint density at radius 3 is 2.65 bits per heavy atom. The van der Waals surface area contributed by atoms with Gasteiger partial charge in [-0.3, -0.25) is 4.79 Å². The Balaban J connectivity index is 1.98. The fourth-order valence-electron chi connectivity index (χ4n) is 2.36. The lowest BCUT2D eigenvalue weighted by atomic mass is 10.0. The number of halogens is 1. The average Bonchev–Trinajstić information content (AvgIpc) is 3.15. The van der Waals surface area contributed by atoms with Gasteiger partial charge in [0, 0.05) is 10.4 Å². The Hall–Kier alpha value is -1.36. The number of hydrogen-bond acceptors (Lipinski definition) is 2. The molecule has 1 aromatic carbocycles. The van der Waals surface area contributed by atoms with E-state index >= 15 is 0 Å². The van der Waals surface area contributed by atoms with E-state index in [0.29, 0.717) is 0 Å². The van der Waals surface area contributed by atoms with E-state index in [9.17, 15) is 9.59 Å². The lowest BCUT2D eigenvalue weighted by molar-refractivity contribution is -0.143. The molecule has 20 heavy (non-hydrogen) atoms. The van der Waals surface area contributed by atoms with Gasteiger partial charge in [0.05, 0.1) is 0 Å². The molecule has 2 unspecified atom stereocenters. The fraction of sp³-hybridized carbons (Fsp3) is 0.467. The first kappa shape index (κ1) is 15.0. The van der Waals surface area contributed by atoms with E-state index in [1.807, 2.05) is 24.3 Å². The van der Waals surface area contributed by atoms with Crippen molar-refractivity contribution in [1.82, 2.24) is 5.32 Å². The topological polar surface area (TPSA) is 66.4 Å². The second kappa shape index (κ2) is 5.95. The smallest absolute Gasteiger partial charge is 0.326 e. The lowest BCUT2D eigenvalue weighted by Crippen LogP contribution is -2.45. The van der Waals surface area contributed by atoms with E-state index in [2.05, 4.69) is 21.2 Å². The highest BCUT2D eigenvalue weighted by atomic mass is 79.9. The lowest BCUT2D eigenvalue weighted by Gasteiger charge is -2.17. The number of carboxylic acids is 1. The van der Waals surface area contributed by atoms with Crippen LogP contribution in [-0.2, 0) is 9.59 Å². The van der Waals surface area contributed by atoms with Gasteiger partial charge < -0.3 is 10.4 Å². The minimum absolute atomic E-state index is 0.107. The Morgan fingerprint density at radius 1 is 1.40 bits per heavy atom. The van der Waals surface area contributed by atoms with Crippen molar-refractivity contribution in [2.45, 2.75) is 32.2 Å². The molecule has 0 saturated heterocycles. The second-order valence-corrected chi connectivity index (χ2v) is 6.49. The van der Waals surface area contributed by atoms with Crippen molar-refractivity contribution in [3.8, 4) is 0 Å². The van der Waals surface area contributed by atoms with E-state index in [-0.39, 0.29) is 23.7 Å². The number of amides is 1. The molecule has 0 spiro atoms. The molecular formula is C15H18BrNO3. The quantitative estimate of drug-likeness (QED) is 0.866. The van der Waals surface area contributed by atoms with Crippen molar-refractivity contribution < 1.29 is 14.7 Å². The number of nitrogens with one attached hydrogen (secondary N) is 1. The first-order valence-electron chi connectivity index (χ1n) is 6.68. The standard InChI is InChI=1S/C15H18BrNO3/c1-8(2)13(15(19)20)17-14(18)12-7-11(12)9-4-3-5-10(16)6-9/h3-6,8,11-13H,7H2,1-2H3,(H,17,18)(H,19,20)/t11?,12?,13-/m0/s1. The van der Waals surface area contributed by atoms with E-state index in [1.165, 1.54) is 0 Å². The third-order valence-electron chi connectivity index (χ3n) is 3.63. The van der Waals surface area contributed by atoms with Gasteiger partial charge in [-0.05, 0) is 36.0 Å². The predicted molar refractivity (Wildman–Crippen MR) is 79.4 cm³/mol. The summed E-state index contributed by atoms with van der Waals surface area (Å²) in [6.45, 7) is 3.58. The molecule has 0 heterocycles. The molecule has 2 N–H and O–H groups in total. The van der Waals surface area contributed by atoms with Crippen molar-refractivity contribution in [3.05, 3.63) is 34.3 Å². The molecule has 4 nitrogen and oxygen atoms in total. The van der Waals surface area contributed by atoms with Crippen molar-refractivity contribution in [2.75, 3.05) is 0 Å². The third kappa shape index (κ3) is 3.39. The van der Waals surface area contributed by atoms with E-state index in [4.69, 9.17) is 5.11 Å². The summed E-state index contributed by atoms with van der Waals surface area (Å²) < 4.78 is 0.992. The first-order valence-corrected chi connectivity index (χ1v) is 7.48. The molecule has 0 bridgehead atoms. The minimum Gasteiger partial charge on any atom is -0.480 e. The molecule has 1 fully saturated rings. The summed E-state index contributed by atoms with van der Waals surface area (Å²) in [5, 5.41) is 11.7. The second-order valence-electron chi connectivity index (χ2n) is 5.57. The van der Waals surface area contributed by atoms with E-state index < -0.39 is 12.0 Å². The summed E-state index contributed by atoms with van der Waals surface area (Å²) in [6.07, 6.45) is 0.784. The molecule has 2 rings (SSSR count). The Kier molecular flexibility index (Phi) is 4.48. The van der Waals surface area contributed by atoms with Gasteiger partial charge in [-0.15, -0.1) is 0 Å². The molecule has 1 aromatic rings. The van der Waals surface area contributed by atoms with Crippen molar-refractivity contribution in [1.29, 1.82) is 0 Å². The van der Waals surface area contributed by atoms with Gasteiger partial charge >= 0.3 is 5.97 Å². The Bertz CT molecular complexity index is 530.